The summed E-state index contributed by atoms with van der Waals surface area (Å²) in [5.74, 6) is -0.778. The van der Waals surface area contributed by atoms with Gasteiger partial charge in [-0.2, -0.15) is 0 Å². The maximum Gasteiger partial charge on any atom is 0.211 e. The molecule has 1 aromatic rings. The number of hydrogen-bond acceptors (Lipinski definition) is 5. The average molecular weight is 322 g/mol. The van der Waals surface area contributed by atoms with E-state index in [9.17, 15) is 6.17 Å². The number of likely N-dealkylation sites (N-methyl/N-ethyl adjacent to an activating group) is 1. The molecule has 5 nitrogen and oxygen atoms in total. The Labute approximate surface area is 145 Å². The molecule has 2 heterocycles. The van der Waals surface area contributed by atoms with Crippen LogP contribution in [-0.2, 0) is 16.6 Å². The van der Waals surface area contributed by atoms with Crippen LogP contribution in [0.4, 0.5) is 0 Å². The van der Waals surface area contributed by atoms with Gasteiger partial charge in [0.15, 0.2) is 23.4 Å². The Morgan fingerprint density at radius 3 is 3.35 bits per heavy atom. The van der Waals surface area contributed by atoms with Gasteiger partial charge >= 0.3 is 0 Å². The van der Waals surface area contributed by atoms with Crippen molar-refractivity contribution in [3.05, 3.63) is 23.3 Å². The third-order valence-electron chi connectivity index (χ3n) is 6.04. The van der Waals surface area contributed by atoms with E-state index in [0.29, 0.717) is 24.1 Å². The number of benzene rings is 1. The molecule has 5 heteroatoms. The van der Waals surface area contributed by atoms with Gasteiger partial charge in [0.2, 0.25) is 1.43 Å². The lowest BCUT2D eigenvalue weighted by Crippen LogP contribution is -2.76. The SMILES string of the molecule is [2H]O[C@@]12CC([2H])([2H])C(=O)C3Oc4c(OC([2H])([2H])[2H])ccc5c4[C@@]31CCN(C)[C@]2([2H])C5. The molecule has 1 unspecified atom stereocenters. The minimum atomic E-state index is -2.75. The van der Waals surface area contributed by atoms with E-state index < -0.39 is 48.8 Å². The van der Waals surface area contributed by atoms with Gasteiger partial charge in [0.1, 0.15) is 0 Å². The van der Waals surface area contributed by atoms with Gasteiger partial charge in [0, 0.05) is 20.7 Å². The highest BCUT2D eigenvalue weighted by Gasteiger charge is 2.72. The number of ketones is 1. The zero-order valence-electron chi connectivity index (χ0n) is 19.6. The standard InChI is InChI=1S/C18H21NO4/c1-19-8-7-17-14-10-3-4-12(22-2)15(14)23-16(17)11(20)5-6-18(17,21)13(19)9-10/h3-4,13,16,21H,5-9H2,1-2H3/t13-,16?,17+,18-/m1/s1/i2D3,5D2,13D,21D. The summed E-state index contributed by atoms with van der Waals surface area (Å²) in [6.07, 6.45) is -3.75. The normalized spacial score (nSPS) is 50.9. The molecule has 23 heavy (non-hydrogen) atoms. The van der Waals surface area contributed by atoms with Crippen molar-refractivity contribution in [3.63, 3.8) is 0 Å². The van der Waals surface area contributed by atoms with Crippen LogP contribution in [0.2, 0.25) is 0 Å². The number of hydrogen-bond donors (Lipinski definition) is 1. The van der Waals surface area contributed by atoms with E-state index in [0.717, 1.165) is 0 Å². The van der Waals surface area contributed by atoms with Crippen molar-refractivity contribution in [1.29, 1.82) is 1.43 Å². The monoisotopic (exact) mass is 322 g/mol. The summed E-state index contributed by atoms with van der Waals surface area (Å²) in [6, 6.07) is 1.60. The molecule has 4 aliphatic rings. The van der Waals surface area contributed by atoms with Gasteiger partial charge in [0.25, 0.3) is 0 Å². The van der Waals surface area contributed by atoms with Crippen molar-refractivity contribution in [2.45, 2.75) is 48.8 Å². The summed E-state index contributed by atoms with van der Waals surface area (Å²) in [6.45, 7) is 0.411. The third-order valence-corrected chi connectivity index (χ3v) is 6.04. The maximum atomic E-state index is 13.2. The summed E-state index contributed by atoms with van der Waals surface area (Å²) >= 11 is 0. The topological polar surface area (TPSA) is 59.0 Å². The Hall–Kier alpha value is -1.59. The Morgan fingerprint density at radius 2 is 2.52 bits per heavy atom. The second kappa shape index (κ2) is 4.08. The van der Waals surface area contributed by atoms with E-state index in [1.54, 1.807) is 18.0 Å². The summed E-state index contributed by atoms with van der Waals surface area (Å²) in [5.41, 5.74) is -1.76. The molecule has 0 amide bonds. The molecule has 1 saturated carbocycles. The Morgan fingerprint density at radius 1 is 1.61 bits per heavy atom. The molecule has 1 N–H and O–H groups in total. The number of ether oxygens (including phenoxy) is 2. The molecule has 0 aromatic heterocycles. The first-order chi connectivity index (χ1) is 13.8. The molecule has 1 aromatic carbocycles. The number of Topliss-reactive ketones (excluding diaryl/α,β-unsaturated/α-hetero) is 1. The van der Waals surface area contributed by atoms with E-state index >= 15 is 0 Å². The molecule has 0 radical (unpaired) electrons. The minimum absolute atomic E-state index is 0.0684. The van der Waals surface area contributed by atoms with Gasteiger partial charge in [-0.3, -0.25) is 4.79 Å². The van der Waals surface area contributed by atoms with Gasteiger partial charge in [-0.1, -0.05) is 6.07 Å². The van der Waals surface area contributed by atoms with Crippen molar-refractivity contribution in [2.24, 2.45) is 0 Å². The average Bonchev–Trinajstić information content (AvgIpc) is 2.99. The van der Waals surface area contributed by atoms with Gasteiger partial charge < -0.3 is 19.5 Å². The molecule has 2 aliphatic heterocycles. The van der Waals surface area contributed by atoms with Crippen LogP contribution in [0.1, 0.15) is 38.6 Å². The number of methoxy groups -OCH3 is 1. The molecule has 2 aliphatic carbocycles. The van der Waals surface area contributed by atoms with E-state index in [1.807, 2.05) is 0 Å². The number of carbonyl (C=O) groups excluding carboxylic acids is 1. The number of likely N-dealkylation sites (tertiary alicyclic amines) is 1. The molecule has 122 valence electrons. The molecular weight excluding hydrogens is 294 g/mol. The predicted octanol–water partition coefficient (Wildman–Crippen LogP) is 1.05. The van der Waals surface area contributed by atoms with E-state index in [1.165, 1.54) is 6.07 Å². The van der Waals surface area contributed by atoms with Crippen LogP contribution in [0.5, 0.6) is 11.5 Å². The van der Waals surface area contributed by atoms with E-state index in [2.05, 4.69) is 0 Å². The Bertz CT molecular complexity index is 969. The Balaban J connectivity index is 1.85. The first-order valence-electron chi connectivity index (χ1n) is 11.2. The molecule has 5 rings (SSSR count). The number of rotatable bonds is 2. The van der Waals surface area contributed by atoms with Gasteiger partial charge in [0.05, 0.1) is 23.5 Å². The molecule has 2 fully saturated rings. The zero-order valence-corrected chi connectivity index (χ0v) is 12.6. The largest absolute Gasteiger partial charge is 0.493 e. The fourth-order valence-corrected chi connectivity index (χ4v) is 5.00. The molecular formula is C18H21NO4. The van der Waals surface area contributed by atoms with Crippen molar-refractivity contribution < 1.29 is 27.6 Å². The summed E-state index contributed by atoms with van der Waals surface area (Å²) in [7, 11) is -1.02. The zero-order chi connectivity index (χ0) is 21.9. The van der Waals surface area contributed by atoms with Crippen molar-refractivity contribution in [3.8, 4) is 11.5 Å². The first kappa shape index (κ1) is 8.49. The second-order valence-electron chi connectivity index (χ2n) is 6.84. The highest BCUT2D eigenvalue weighted by atomic mass is 16.5. The van der Waals surface area contributed by atoms with Crippen molar-refractivity contribution in [1.82, 2.24) is 4.90 Å². The second-order valence-corrected chi connectivity index (χ2v) is 6.84. The number of aliphatic hydroxyl groups is 1. The Kier molecular flexibility index (Phi) is 1.51. The van der Waals surface area contributed by atoms with Gasteiger partial charge in [-0.25, -0.2) is 0 Å². The lowest BCUT2D eigenvalue weighted by atomic mass is 9.49. The third kappa shape index (κ3) is 1.32. The van der Waals surface area contributed by atoms with E-state index in [4.69, 9.17) is 22.9 Å². The number of nitrogens with zero attached hydrogens (tertiary/aromatic N) is 1. The number of carbonyl (C=O) groups is 1. The molecule has 2 bridgehead atoms. The van der Waals surface area contributed by atoms with Gasteiger partial charge in [-0.05, 0) is 44.5 Å². The maximum absolute atomic E-state index is 13.2. The fraction of sp³-hybridized carbons (Fsp3) is 0.611. The number of piperidine rings is 1. The fourth-order valence-electron chi connectivity index (χ4n) is 5.00. The van der Waals surface area contributed by atoms with Crippen LogP contribution >= 0.6 is 0 Å². The first-order valence-corrected chi connectivity index (χ1v) is 7.75. The lowest BCUT2D eigenvalue weighted by molar-refractivity contribution is -0.185. The quantitative estimate of drug-likeness (QED) is 0.882. The predicted molar refractivity (Wildman–Crippen MR) is 83.0 cm³/mol. The van der Waals surface area contributed by atoms with Crippen LogP contribution in [0.25, 0.3) is 0 Å². The highest BCUT2D eigenvalue weighted by Crippen LogP contribution is 2.64. The molecule has 4 atom stereocenters. The summed E-state index contributed by atoms with van der Waals surface area (Å²) in [5, 5.41) is 5.30. The summed E-state index contributed by atoms with van der Waals surface area (Å²) < 4.78 is 67.5. The van der Waals surface area contributed by atoms with Crippen molar-refractivity contribution in [2.75, 3.05) is 20.6 Å². The lowest BCUT2D eigenvalue weighted by Gasteiger charge is -2.62. The molecule has 1 spiro atoms. The van der Waals surface area contributed by atoms with Crippen LogP contribution in [-0.4, -0.2) is 55.6 Å². The van der Waals surface area contributed by atoms with E-state index in [-0.39, 0.29) is 17.9 Å². The minimum Gasteiger partial charge on any atom is -0.493 e. The van der Waals surface area contributed by atoms with Crippen LogP contribution in [0.3, 0.4) is 0 Å². The van der Waals surface area contributed by atoms with Crippen LogP contribution < -0.4 is 9.47 Å². The van der Waals surface area contributed by atoms with Crippen LogP contribution in [0.15, 0.2) is 12.1 Å². The van der Waals surface area contributed by atoms with Gasteiger partial charge in [-0.15, -0.1) is 0 Å². The smallest absolute Gasteiger partial charge is 0.211 e. The molecule has 1 saturated heterocycles. The van der Waals surface area contributed by atoms with Crippen molar-refractivity contribution >= 4 is 5.78 Å². The van der Waals surface area contributed by atoms with Crippen LogP contribution in [0, 0.1) is 0 Å². The highest BCUT2D eigenvalue weighted by molar-refractivity contribution is 5.90. The summed E-state index contributed by atoms with van der Waals surface area (Å²) in [4.78, 5) is 14.9.